The number of fused-ring (bicyclic) bond motifs is 3. The van der Waals surface area contributed by atoms with Gasteiger partial charge in [-0.2, -0.15) is 0 Å². The summed E-state index contributed by atoms with van der Waals surface area (Å²) >= 11 is 0. The lowest BCUT2D eigenvalue weighted by Gasteiger charge is -2.59. The van der Waals surface area contributed by atoms with Crippen molar-refractivity contribution in [3.05, 3.63) is 23.3 Å². The molecule has 0 aromatic rings. The summed E-state index contributed by atoms with van der Waals surface area (Å²) in [5.41, 5.74) is 1.58. The van der Waals surface area contributed by atoms with Crippen LogP contribution in [0.1, 0.15) is 66.7 Å². The highest BCUT2D eigenvalue weighted by atomic mass is 16.3. The molecule has 3 aliphatic carbocycles. The number of aliphatic hydroxyl groups excluding tert-OH is 1. The molecule has 0 spiro atoms. The summed E-state index contributed by atoms with van der Waals surface area (Å²) in [4.78, 5) is 0. The van der Waals surface area contributed by atoms with Crippen molar-refractivity contribution >= 4 is 0 Å². The molecule has 0 radical (unpaired) electrons. The van der Waals surface area contributed by atoms with Crippen LogP contribution in [0.15, 0.2) is 23.3 Å². The Kier molecular flexibility index (Phi) is 3.66. The molecule has 124 valence electrons. The molecule has 0 aromatic heterocycles. The largest absolute Gasteiger partial charge is 0.385 e. The van der Waals surface area contributed by atoms with Gasteiger partial charge in [-0.15, -0.1) is 0 Å². The fourth-order valence-electron chi connectivity index (χ4n) is 5.76. The van der Waals surface area contributed by atoms with E-state index in [0.717, 1.165) is 30.4 Å². The number of hydrogen-bond acceptors (Lipinski definition) is 2. The van der Waals surface area contributed by atoms with E-state index >= 15 is 0 Å². The maximum atomic E-state index is 11.3. The molecule has 0 amide bonds. The summed E-state index contributed by atoms with van der Waals surface area (Å²) in [6, 6.07) is 0. The summed E-state index contributed by atoms with van der Waals surface area (Å²) in [6.45, 7) is 11.3. The SMILES string of the molecule is CC(C)C1=C[C@]2(O)CC[C@H]3C(C)(C)CCC[C@]3(C)C2=CC1O. The molecular formula is C20H32O2. The van der Waals surface area contributed by atoms with Crippen molar-refractivity contribution in [1.29, 1.82) is 0 Å². The van der Waals surface area contributed by atoms with E-state index in [1.54, 1.807) is 0 Å². The first-order valence-electron chi connectivity index (χ1n) is 8.96. The molecule has 4 atom stereocenters. The van der Waals surface area contributed by atoms with Crippen LogP contribution in [0.3, 0.4) is 0 Å². The first-order valence-corrected chi connectivity index (χ1v) is 8.96. The molecule has 2 nitrogen and oxygen atoms in total. The second-order valence-electron chi connectivity index (χ2n) is 9.10. The van der Waals surface area contributed by atoms with Gasteiger partial charge < -0.3 is 10.2 Å². The second kappa shape index (κ2) is 4.95. The Morgan fingerprint density at radius 3 is 2.45 bits per heavy atom. The lowest BCUT2D eigenvalue weighted by atomic mass is 9.46. The average Bonchev–Trinajstić information content (AvgIpc) is 2.38. The molecule has 0 aromatic carbocycles. The summed E-state index contributed by atoms with van der Waals surface area (Å²) in [7, 11) is 0. The van der Waals surface area contributed by atoms with Crippen molar-refractivity contribution in [3.8, 4) is 0 Å². The Morgan fingerprint density at radius 1 is 1.14 bits per heavy atom. The van der Waals surface area contributed by atoms with Gasteiger partial charge in [0.25, 0.3) is 0 Å². The standard InChI is InChI=1S/C20H32O2/c1-13(2)14-12-20(22)10-7-16-18(3,4)8-6-9-19(16,5)17(20)11-15(14)21/h11-13,15-16,21-22H,6-10H2,1-5H3/t15?,16-,19-,20+/m0/s1. The van der Waals surface area contributed by atoms with Crippen LogP contribution in [0.2, 0.25) is 0 Å². The van der Waals surface area contributed by atoms with E-state index in [9.17, 15) is 10.2 Å². The zero-order chi connectivity index (χ0) is 16.3. The highest BCUT2D eigenvalue weighted by Gasteiger charge is 2.56. The minimum atomic E-state index is -0.836. The highest BCUT2D eigenvalue weighted by Crippen LogP contribution is 2.63. The molecule has 0 saturated heterocycles. The van der Waals surface area contributed by atoms with Gasteiger partial charge in [0.05, 0.1) is 6.10 Å². The van der Waals surface area contributed by atoms with Crippen LogP contribution in [0, 0.1) is 22.7 Å². The molecule has 2 N–H and O–H groups in total. The fraction of sp³-hybridized carbons (Fsp3) is 0.800. The minimum absolute atomic E-state index is 0.0226. The molecule has 2 saturated carbocycles. The number of hydrogen-bond donors (Lipinski definition) is 2. The number of rotatable bonds is 1. The second-order valence-corrected chi connectivity index (χ2v) is 9.10. The van der Waals surface area contributed by atoms with Crippen molar-refractivity contribution in [3.63, 3.8) is 0 Å². The normalized spacial score (nSPS) is 44.0. The van der Waals surface area contributed by atoms with Crippen molar-refractivity contribution < 1.29 is 10.2 Å². The molecule has 2 fully saturated rings. The molecule has 3 rings (SSSR count). The number of aliphatic hydroxyl groups is 2. The Morgan fingerprint density at radius 2 is 1.82 bits per heavy atom. The Labute approximate surface area is 135 Å². The maximum Gasteiger partial charge on any atom is 0.105 e. The average molecular weight is 304 g/mol. The Balaban J connectivity index is 2.06. The predicted octanol–water partition coefficient (Wildman–Crippen LogP) is 4.23. The third kappa shape index (κ3) is 2.22. The molecular weight excluding hydrogens is 272 g/mol. The van der Waals surface area contributed by atoms with Gasteiger partial charge in [-0.1, -0.05) is 41.0 Å². The Hall–Kier alpha value is -0.600. The molecule has 1 unspecified atom stereocenters. The van der Waals surface area contributed by atoms with Gasteiger partial charge in [-0.3, -0.25) is 0 Å². The Bertz CT molecular complexity index is 528. The fourth-order valence-corrected chi connectivity index (χ4v) is 5.76. The van der Waals surface area contributed by atoms with E-state index in [4.69, 9.17) is 0 Å². The summed E-state index contributed by atoms with van der Waals surface area (Å²) < 4.78 is 0. The van der Waals surface area contributed by atoms with Crippen LogP contribution in [0.4, 0.5) is 0 Å². The quantitative estimate of drug-likeness (QED) is 0.712. The van der Waals surface area contributed by atoms with Crippen LogP contribution in [0.5, 0.6) is 0 Å². The van der Waals surface area contributed by atoms with Crippen LogP contribution >= 0.6 is 0 Å². The zero-order valence-electron chi connectivity index (χ0n) is 14.8. The first kappa shape index (κ1) is 16.3. The van der Waals surface area contributed by atoms with Crippen molar-refractivity contribution in [2.24, 2.45) is 22.7 Å². The molecule has 3 aliphatic rings. The van der Waals surface area contributed by atoms with E-state index in [-0.39, 0.29) is 11.3 Å². The summed E-state index contributed by atoms with van der Waals surface area (Å²) in [5.74, 6) is 0.867. The van der Waals surface area contributed by atoms with Gasteiger partial charge >= 0.3 is 0 Å². The third-order valence-electron chi connectivity index (χ3n) is 6.86. The summed E-state index contributed by atoms with van der Waals surface area (Å²) in [5, 5.41) is 21.9. The first-order chi connectivity index (χ1) is 10.1. The smallest absolute Gasteiger partial charge is 0.105 e. The van der Waals surface area contributed by atoms with E-state index in [1.165, 1.54) is 12.8 Å². The van der Waals surface area contributed by atoms with Crippen LogP contribution in [-0.4, -0.2) is 21.9 Å². The van der Waals surface area contributed by atoms with Crippen molar-refractivity contribution in [1.82, 2.24) is 0 Å². The molecule has 22 heavy (non-hydrogen) atoms. The maximum absolute atomic E-state index is 11.3. The van der Waals surface area contributed by atoms with Crippen LogP contribution in [0.25, 0.3) is 0 Å². The van der Waals surface area contributed by atoms with E-state index < -0.39 is 11.7 Å². The van der Waals surface area contributed by atoms with Crippen LogP contribution < -0.4 is 0 Å². The monoisotopic (exact) mass is 304 g/mol. The van der Waals surface area contributed by atoms with Crippen molar-refractivity contribution in [2.45, 2.75) is 78.4 Å². The van der Waals surface area contributed by atoms with E-state index in [0.29, 0.717) is 11.3 Å². The van der Waals surface area contributed by atoms with Gasteiger partial charge in [0, 0.05) is 0 Å². The molecule has 0 heterocycles. The highest BCUT2D eigenvalue weighted by molar-refractivity contribution is 5.43. The lowest BCUT2D eigenvalue weighted by Crippen LogP contribution is -2.54. The van der Waals surface area contributed by atoms with Gasteiger partial charge in [0.2, 0.25) is 0 Å². The van der Waals surface area contributed by atoms with Crippen molar-refractivity contribution in [2.75, 3.05) is 0 Å². The third-order valence-corrected chi connectivity index (χ3v) is 6.86. The van der Waals surface area contributed by atoms with Gasteiger partial charge in [-0.25, -0.2) is 0 Å². The minimum Gasteiger partial charge on any atom is -0.385 e. The molecule has 0 aliphatic heterocycles. The van der Waals surface area contributed by atoms with E-state index in [2.05, 4.69) is 34.6 Å². The molecule has 2 heteroatoms. The lowest BCUT2D eigenvalue weighted by molar-refractivity contribution is -0.0535. The van der Waals surface area contributed by atoms with Gasteiger partial charge in [-0.05, 0) is 71.6 Å². The molecule has 0 bridgehead atoms. The zero-order valence-corrected chi connectivity index (χ0v) is 14.8. The predicted molar refractivity (Wildman–Crippen MR) is 90.4 cm³/mol. The van der Waals surface area contributed by atoms with Gasteiger partial charge in [0.1, 0.15) is 5.60 Å². The van der Waals surface area contributed by atoms with Gasteiger partial charge in [0.15, 0.2) is 0 Å². The van der Waals surface area contributed by atoms with E-state index in [1.807, 2.05) is 12.2 Å². The summed E-state index contributed by atoms with van der Waals surface area (Å²) in [6.07, 6.45) is 8.94. The topological polar surface area (TPSA) is 40.5 Å². The van der Waals surface area contributed by atoms with Crippen LogP contribution in [-0.2, 0) is 0 Å².